The van der Waals surface area contributed by atoms with Gasteiger partial charge in [0.2, 0.25) is 0 Å². The Labute approximate surface area is 191 Å². The van der Waals surface area contributed by atoms with Gasteiger partial charge in [-0.15, -0.1) is 0 Å². The Morgan fingerprint density at radius 3 is 1.78 bits per heavy atom. The third-order valence-electron chi connectivity index (χ3n) is 6.15. The standard InChI is InChI=1S/C28H32O4/c1-22-28(2,31-20-25-16-10-5-11-17-25)27(30-19-24-14-8-4-9-15-24)26(32-22)21-29-18-23-12-6-3-7-13-23/h3-17,22,26-27H,18-21H2,1-2H3/t22-,26-,27-,28?/m1/s1. The van der Waals surface area contributed by atoms with Crippen molar-refractivity contribution in [3.05, 3.63) is 108 Å². The Morgan fingerprint density at radius 1 is 0.719 bits per heavy atom. The van der Waals surface area contributed by atoms with E-state index in [-0.39, 0.29) is 18.3 Å². The summed E-state index contributed by atoms with van der Waals surface area (Å²) in [6, 6.07) is 30.6. The lowest BCUT2D eigenvalue weighted by molar-refractivity contribution is -0.144. The highest BCUT2D eigenvalue weighted by molar-refractivity contribution is 5.16. The Morgan fingerprint density at radius 2 is 1.22 bits per heavy atom. The van der Waals surface area contributed by atoms with Gasteiger partial charge in [0.1, 0.15) is 17.8 Å². The van der Waals surface area contributed by atoms with Crippen LogP contribution in [0.4, 0.5) is 0 Å². The van der Waals surface area contributed by atoms with Gasteiger partial charge in [0, 0.05) is 0 Å². The fourth-order valence-corrected chi connectivity index (χ4v) is 4.11. The van der Waals surface area contributed by atoms with E-state index < -0.39 is 5.60 Å². The van der Waals surface area contributed by atoms with Gasteiger partial charge in [0.05, 0.1) is 32.5 Å². The Hall–Kier alpha value is -2.50. The summed E-state index contributed by atoms with van der Waals surface area (Å²) >= 11 is 0. The summed E-state index contributed by atoms with van der Waals surface area (Å²) in [5.41, 5.74) is 2.81. The zero-order valence-electron chi connectivity index (χ0n) is 18.9. The molecule has 3 aromatic carbocycles. The van der Waals surface area contributed by atoms with Gasteiger partial charge in [0.15, 0.2) is 0 Å². The van der Waals surface area contributed by atoms with E-state index >= 15 is 0 Å². The molecule has 0 aliphatic carbocycles. The Balaban J connectivity index is 1.45. The first kappa shape index (κ1) is 22.7. The molecule has 1 fully saturated rings. The molecule has 0 amide bonds. The molecule has 1 heterocycles. The van der Waals surface area contributed by atoms with E-state index in [0.717, 1.165) is 16.7 Å². The van der Waals surface area contributed by atoms with Crippen molar-refractivity contribution < 1.29 is 18.9 Å². The fourth-order valence-electron chi connectivity index (χ4n) is 4.11. The van der Waals surface area contributed by atoms with Crippen molar-refractivity contribution in [1.29, 1.82) is 0 Å². The second kappa shape index (κ2) is 10.9. The van der Waals surface area contributed by atoms with E-state index in [1.54, 1.807) is 0 Å². The number of rotatable bonds is 10. The third kappa shape index (κ3) is 5.64. The minimum atomic E-state index is -0.592. The number of hydrogen-bond acceptors (Lipinski definition) is 4. The van der Waals surface area contributed by atoms with Crippen molar-refractivity contribution in [2.45, 2.75) is 57.6 Å². The smallest absolute Gasteiger partial charge is 0.120 e. The molecular weight excluding hydrogens is 400 g/mol. The molecule has 168 valence electrons. The Kier molecular flexibility index (Phi) is 7.72. The molecule has 1 aliphatic heterocycles. The summed E-state index contributed by atoms with van der Waals surface area (Å²) in [6.07, 6.45) is -0.590. The highest BCUT2D eigenvalue weighted by Gasteiger charge is 2.53. The molecule has 0 saturated carbocycles. The molecular formula is C28H32O4. The molecule has 1 aliphatic rings. The van der Waals surface area contributed by atoms with Crippen LogP contribution in [0.25, 0.3) is 0 Å². The van der Waals surface area contributed by atoms with E-state index in [9.17, 15) is 0 Å². The van der Waals surface area contributed by atoms with Crippen molar-refractivity contribution >= 4 is 0 Å². The van der Waals surface area contributed by atoms with Crippen molar-refractivity contribution in [3.63, 3.8) is 0 Å². The van der Waals surface area contributed by atoms with Crippen LogP contribution in [0.2, 0.25) is 0 Å². The first-order chi connectivity index (χ1) is 15.6. The van der Waals surface area contributed by atoms with Gasteiger partial charge in [-0.1, -0.05) is 91.0 Å². The van der Waals surface area contributed by atoms with E-state index in [1.807, 2.05) is 54.6 Å². The predicted molar refractivity (Wildman–Crippen MR) is 125 cm³/mol. The van der Waals surface area contributed by atoms with E-state index in [4.69, 9.17) is 18.9 Å². The molecule has 4 rings (SSSR count). The third-order valence-corrected chi connectivity index (χ3v) is 6.15. The molecule has 0 spiro atoms. The predicted octanol–water partition coefficient (Wildman–Crippen LogP) is 5.55. The molecule has 32 heavy (non-hydrogen) atoms. The molecule has 0 aromatic heterocycles. The van der Waals surface area contributed by atoms with Crippen LogP contribution in [-0.4, -0.2) is 30.5 Å². The van der Waals surface area contributed by atoms with Crippen LogP contribution >= 0.6 is 0 Å². The summed E-state index contributed by atoms with van der Waals surface area (Å²) in [5.74, 6) is 0. The fraction of sp³-hybridized carbons (Fsp3) is 0.357. The lowest BCUT2D eigenvalue weighted by Crippen LogP contribution is -2.49. The maximum Gasteiger partial charge on any atom is 0.120 e. The first-order valence-corrected chi connectivity index (χ1v) is 11.3. The summed E-state index contributed by atoms with van der Waals surface area (Å²) < 4.78 is 25.3. The molecule has 1 unspecified atom stereocenters. The topological polar surface area (TPSA) is 36.9 Å². The second-order valence-electron chi connectivity index (χ2n) is 8.49. The summed E-state index contributed by atoms with van der Waals surface area (Å²) in [7, 11) is 0. The SMILES string of the molecule is C[C@H]1O[C@H](COCc2ccccc2)[C@@H](OCc2ccccc2)C1(C)OCc1ccccc1. The number of benzene rings is 3. The second-order valence-corrected chi connectivity index (χ2v) is 8.49. The highest BCUT2D eigenvalue weighted by atomic mass is 16.6. The lowest BCUT2D eigenvalue weighted by Gasteiger charge is -2.34. The first-order valence-electron chi connectivity index (χ1n) is 11.3. The summed E-state index contributed by atoms with van der Waals surface area (Å²) in [4.78, 5) is 0. The van der Waals surface area contributed by atoms with Crippen LogP contribution in [0, 0.1) is 0 Å². The van der Waals surface area contributed by atoms with Crippen LogP contribution in [0.1, 0.15) is 30.5 Å². The minimum absolute atomic E-state index is 0.127. The van der Waals surface area contributed by atoms with Gasteiger partial charge in [-0.05, 0) is 30.5 Å². The number of ether oxygens (including phenoxy) is 4. The average molecular weight is 433 g/mol. The highest BCUT2D eigenvalue weighted by Crippen LogP contribution is 2.38. The maximum atomic E-state index is 6.48. The van der Waals surface area contributed by atoms with Crippen LogP contribution < -0.4 is 0 Å². The molecule has 0 N–H and O–H groups in total. The van der Waals surface area contributed by atoms with Gasteiger partial charge in [-0.25, -0.2) is 0 Å². The van der Waals surface area contributed by atoms with Gasteiger partial charge < -0.3 is 18.9 Å². The van der Waals surface area contributed by atoms with Crippen LogP contribution in [0.5, 0.6) is 0 Å². The molecule has 0 bridgehead atoms. The molecule has 4 nitrogen and oxygen atoms in total. The zero-order chi connectivity index (χ0) is 22.2. The maximum absolute atomic E-state index is 6.48. The largest absolute Gasteiger partial charge is 0.374 e. The van der Waals surface area contributed by atoms with Gasteiger partial charge in [-0.3, -0.25) is 0 Å². The van der Waals surface area contributed by atoms with Crippen LogP contribution in [0.3, 0.4) is 0 Å². The van der Waals surface area contributed by atoms with Gasteiger partial charge in [-0.2, -0.15) is 0 Å². The van der Waals surface area contributed by atoms with Crippen molar-refractivity contribution in [2.24, 2.45) is 0 Å². The van der Waals surface area contributed by atoms with E-state index in [0.29, 0.717) is 26.4 Å². The normalized spacial score (nSPS) is 25.1. The number of hydrogen-bond donors (Lipinski definition) is 0. The minimum Gasteiger partial charge on any atom is -0.374 e. The molecule has 4 atom stereocenters. The summed E-state index contributed by atoms with van der Waals surface area (Å²) in [6.45, 7) is 6.15. The van der Waals surface area contributed by atoms with Gasteiger partial charge in [0.25, 0.3) is 0 Å². The van der Waals surface area contributed by atoms with Crippen LogP contribution in [0.15, 0.2) is 91.0 Å². The average Bonchev–Trinajstić information content (AvgIpc) is 3.07. The van der Waals surface area contributed by atoms with Crippen molar-refractivity contribution in [3.8, 4) is 0 Å². The zero-order valence-corrected chi connectivity index (χ0v) is 18.9. The van der Waals surface area contributed by atoms with Crippen molar-refractivity contribution in [1.82, 2.24) is 0 Å². The Bertz CT molecular complexity index is 931. The quantitative estimate of drug-likeness (QED) is 0.421. The van der Waals surface area contributed by atoms with Crippen LogP contribution in [-0.2, 0) is 38.8 Å². The molecule has 4 heteroatoms. The molecule has 3 aromatic rings. The monoisotopic (exact) mass is 432 g/mol. The van der Waals surface area contributed by atoms with E-state index in [2.05, 4.69) is 50.2 Å². The van der Waals surface area contributed by atoms with Gasteiger partial charge >= 0.3 is 0 Å². The molecule has 0 radical (unpaired) electrons. The van der Waals surface area contributed by atoms with Crippen molar-refractivity contribution in [2.75, 3.05) is 6.61 Å². The summed E-state index contributed by atoms with van der Waals surface area (Å²) in [5, 5.41) is 0. The van der Waals surface area contributed by atoms with E-state index in [1.165, 1.54) is 0 Å². The molecule has 1 saturated heterocycles. The lowest BCUT2D eigenvalue weighted by atomic mass is 9.92.